The summed E-state index contributed by atoms with van der Waals surface area (Å²) in [6.07, 6.45) is 1.15. The van der Waals surface area contributed by atoms with Gasteiger partial charge in [0, 0.05) is 17.2 Å². The normalized spacial score (nSPS) is 19.6. The van der Waals surface area contributed by atoms with E-state index in [4.69, 9.17) is 9.47 Å². The smallest absolute Gasteiger partial charge is 0.259 e. The Morgan fingerprint density at radius 2 is 2.39 bits per heavy atom. The number of amides is 1. The van der Waals surface area contributed by atoms with Crippen LogP contribution in [-0.4, -0.2) is 43.4 Å². The molecule has 98 valence electrons. The number of aromatic nitrogens is 1. The fourth-order valence-corrected chi connectivity index (χ4v) is 2.00. The first-order valence-corrected chi connectivity index (χ1v) is 6.64. The second kappa shape index (κ2) is 6.26. The Labute approximate surface area is 114 Å². The predicted molar refractivity (Wildman–Crippen MR) is 70.5 cm³/mol. The fourth-order valence-electron chi connectivity index (χ4n) is 1.76. The lowest BCUT2D eigenvalue weighted by Crippen LogP contribution is -2.45. The SMILES string of the molecule is CCN(C(=O)C1COCCO1)c1ccc(Br)cn1. The summed E-state index contributed by atoms with van der Waals surface area (Å²) >= 11 is 3.32. The number of anilines is 1. The molecular weight excluding hydrogens is 300 g/mol. The Bertz CT molecular complexity index is 404. The zero-order valence-electron chi connectivity index (χ0n) is 10.1. The van der Waals surface area contributed by atoms with E-state index in [-0.39, 0.29) is 5.91 Å². The van der Waals surface area contributed by atoms with Crippen LogP contribution in [0.5, 0.6) is 0 Å². The first-order valence-electron chi connectivity index (χ1n) is 5.84. The van der Waals surface area contributed by atoms with E-state index in [0.717, 1.165) is 4.47 Å². The van der Waals surface area contributed by atoms with Gasteiger partial charge in [-0.15, -0.1) is 0 Å². The molecule has 1 amide bonds. The lowest BCUT2D eigenvalue weighted by atomic mass is 10.3. The quantitative estimate of drug-likeness (QED) is 0.850. The highest BCUT2D eigenvalue weighted by Gasteiger charge is 2.28. The van der Waals surface area contributed by atoms with E-state index >= 15 is 0 Å². The van der Waals surface area contributed by atoms with Crippen LogP contribution in [0.4, 0.5) is 5.82 Å². The number of carbonyl (C=O) groups excluding carboxylic acids is 1. The summed E-state index contributed by atoms with van der Waals surface area (Å²) in [4.78, 5) is 18.1. The Morgan fingerprint density at radius 1 is 1.56 bits per heavy atom. The lowest BCUT2D eigenvalue weighted by Gasteiger charge is -2.28. The minimum Gasteiger partial charge on any atom is -0.376 e. The van der Waals surface area contributed by atoms with Crippen molar-refractivity contribution in [3.8, 4) is 0 Å². The van der Waals surface area contributed by atoms with Gasteiger partial charge in [-0.25, -0.2) is 4.98 Å². The topological polar surface area (TPSA) is 51.7 Å². The average molecular weight is 315 g/mol. The van der Waals surface area contributed by atoms with Crippen LogP contribution in [0.1, 0.15) is 6.92 Å². The second-order valence-corrected chi connectivity index (χ2v) is 4.77. The van der Waals surface area contributed by atoms with Gasteiger partial charge < -0.3 is 9.47 Å². The molecule has 1 aliphatic rings. The van der Waals surface area contributed by atoms with Crippen molar-refractivity contribution < 1.29 is 14.3 Å². The van der Waals surface area contributed by atoms with Crippen LogP contribution in [-0.2, 0) is 14.3 Å². The molecule has 0 radical (unpaired) electrons. The molecule has 1 aliphatic heterocycles. The minimum absolute atomic E-state index is 0.105. The highest BCUT2D eigenvalue weighted by molar-refractivity contribution is 9.10. The van der Waals surface area contributed by atoms with Gasteiger partial charge in [0.15, 0.2) is 6.10 Å². The van der Waals surface area contributed by atoms with Crippen LogP contribution in [0.15, 0.2) is 22.8 Å². The summed E-state index contributed by atoms with van der Waals surface area (Å²) in [5, 5.41) is 0. The molecule has 2 heterocycles. The van der Waals surface area contributed by atoms with Gasteiger partial charge in [-0.2, -0.15) is 0 Å². The van der Waals surface area contributed by atoms with Crippen molar-refractivity contribution in [2.45, 2.75) is 13.0 Å². The standard InChI is InChI=1S/C12H15BrN2O3/c1-2-15(11-4-3-9(13)7-14-11)12(16)10-8-17-5-6-18-10/h3-4,7,10H,2,5-6,8H2,1H3. The second-order valence-electron chi connectivity index (χ2n) is 3.85. The highest BCUT2D eigenvalue weighted by Crippen LogP contribution is 2.17. The Hall–Kier alpha value is -0.980. The largest absolute Gasteiger partial charge is 0.376 e. The maximum Gasteiger partial charge on any atom is 0.259 e. The number of rotatable bonds is 3. The zero-order valence-corrected chi connectivity index (χ0v) is 11.7. The number of hydrogen-bond acceptors (Lipinski definition) is 4. The summed E-state index contributed by atoms with van der Waals surface area (Å²) in [5.74, 6) is 0.520. The van der Waals surface area contributed by atoms with E-state index in [1.54, 1.807) is 17.2 Å². The first-order chi connectivity index (χ1) is 8.72. The molecule has 1 unspecified atom stereocenters. The van der Waals surface area contributed by atoms with Crippen LogP contribution >= 0.6 is 15.9 Å². The molecule has 0 bridgehead atoms. The van der Waals surface area contributed by atoms with Crippen molar-refractivity contribution in [3.05, 3.63) is 22.8 Å². The number of pyridine rings is 1. The third-order valence-electron chi connectivity index (χ3n) is 2.66. The minimum atomic E-state index is -0.524. The van der Waals surface area contributed by atoms with Gasteiger partial charge in [0.2, 0.25) is 0 Å². The summed E-state index contributed by atoms with van der Waals surface area (Å²) < 4.78 is 11.5. The molecular formula is C12H15BrN2O3. The number of carbonyl (C=O) groups is 1. The number of nitrogens with zero attached hydrogens (tertiary/aromatic N) is 2. The van der Waals surface area contributed by atoms with Crippen LogP contribution in [0, 0.1) is 0 Å². The Morgan fingerprint density at radius 3 is 2.94 bits per heavy atom. The van der Waals surface area contributed by atoms with Gasteiger partial charge in [-0.3, -0.25) is 9.69 Å². The Balaban J connectivity index is 2.12. The number of ether oxygens (including phenoxy) is 2. The molecule has 5 nitrogen and oxygen atoms in total. The molecule has 1 fully saturated rings. The first kappa shape index (κ1) is 13.5. The maximum atomic E-state index is 12.3. The van der Waals surface area contributed by atoms with Gasteiger partial charge in [-0.1, -0.05) is 0 Å². The summed E-state index contributed by atoms with van der Waals surface area (Å²) in [7, 11) is 0. The third-order valence-corrected chi connectivity index (χ3v) is 3.13. The molecule has 6 heteroatoms. The molecule has 1 aromatic rings. The van der Waals surface area contributed by atoms with Crippen molar-refractivity contribution in [1.82, 2.24) is 4.98 Å². The number of likely N-dealkylation sites (N-methyl/N-ethyl adjacent to an activating group) is 1. The van der Waals surface area contributed by atoms with Crippen molar-refractivity contribution in [2.75, 3.05) is 31.3 Å². The number of hydrogen-bond donors (Lipinski definition) is 0. The van der Waals surface area contributed by atoms with E-state index in [1.807, 2.05) is 13.0 Å². The predicted octanol–water partition coefficient (Wildman–Crippen LogP) is 1.61. The molecule has 18 heavy (non-hydrogen) atoms. The summed E-state index contributed by atoms with van der Waals surface area (Å²) in [6.45, 7) is 3.78. The van der Waals surface area contributed by atoms with E-state index in [0.29, 0.717) is 32.2 Å². The van der Waals surface area contributed by atoms with Crippen molar-refractivity contribution in [1.29, 1.82) is 0 Å². The van der Waals surface area contributed by atoms with E-state index in [9.17, 15) is 4.79 Å². The molecule has 1 atom stereocenters. The van der Waals surface area contributed by atoms with Crippen LogP contribution in [0.3, 0.4) is 0 Å². The van der Waals surface area contributed by atoms with Gasteiger partial charge in [0.05, 0.1) is 19.8 Å². The van der Waals surface area contributed by atoms with Gasteiger partial charge in [0.1, 0.15) is 5.82 Å². The van der Waals surface area contributed by atoms with Crippen LogP contribution in [0.2, 0.25) is 0 Å². The molecule has 2 rings (SSSR count). The zero-order chi connectivity index (χ0) is 13.0. The maximum absolute atomic E-state index is 12.3. The highest BCUT2D eigenvalue weighted by atomic mass is 79.9. The molecule has 0 aromatic carbocycles. The molecule has 1 saturated heterocycles. The summed E-state index contributed by atoms with van der Waals surface area (Å²) in [5.41, 5.74) is 0. The van der Waals surface area contributed by atoms with Gasteiger partial charge in [-0.05, 0) is 35.0 Å². The molecule has 1 aromatic heterocycles. The summed E-state index contributed by atoms with van der Waals surface area (Å²) in [6, 6.07) is 3.66. The molecule has 0 aliphatic carbocycles. The fraction of sp³-hybridized carbons (Fsp3) is 0.500. The van der Waals surface area contributed by atoms with Gasteiger partial charge in [0.25, 0.3) is 5.91 Å². The lowest BCUT2D eigenvalue weighted by molar-refractivity contribution is -0.144. The monoisotopic (exact) mass is 314 g/mol. The molecule has 0 saturated carbocycles. The van der Waals surface area contributed by atoms with Crippen LogP contribution in [0.25, 0.3) is 0 Å². The van der Waals surface area contributed by atoms with Crippen molar-refractivity contribution in [2.24, 2.45) is 0 Å². The average Bonchev–Trinajstić information content (AvgIpc) is 2.42. The Kier molecular flexibility index (Phi) is 4.68. The van der Waals surface area contributed by atoms with Crippen molar-refractivity contribution in [3.63, 3.8) is 0 Å². The van der Waals surface area contributed by atoms with E-state index in [1.165, 1.54) is 0 Å². The molecule has 0 spiro atoms. The van der Waals surface area contributed by atoms with Gasteiger partial charge >= 0.3 is 0 Å². The number of halogens is 1. The van der Waals surface area contributed by atoms with Crippen LogP contribution < -0.4 is 4.90 Å². The van der Waals surface area contributed by atoms with Crippen molar-refractivity contribution >= 4 is 27.7 Å². The molecule has 0 N–H and O–H groups in total. The third kappa shape index (κ3) is 3.07. The van der Waals surface area contributed by atoms with E-state index in [2.05, 4.69) is 20.9 Å². The van der Waals surface area contributed by atoms with E-state index < -0.39 is 6.10 Å².